The second kappa shape index (κ2) is 3.67. The first-order valence-electron chi connectivity index (χ1n) is 5.22. The van der Waals surface area contributed by atoms with Gasteiger partial charge in [0.1, 0.15) is 6.20 Å². The number of hydrogen-bond acceptors (Lipinski definition) is 6. The van der Waals surface area contributed by atoms with Gasteiger partial charge in [-0.25, -0.2) is 0 Å². The third-order valence-electron chi connectivity index (χ3n) is 3.03. The molecule has 0 bridgehead atoms. The largest absolute Gasteiger partial charge is 0.373 e. The van der Waals surface area contributed by atoms with E-state index in [1.54, 1.807) is 11.6 Å². The van der Waals surface area contributed by atoms with E-state index in [4.69, 9.17) is 0 Å². The number of hydrogen-bond donors (Lipinski definition) is 1. The number of nitrogens with one attached hydrogen (secondary N) is 1. The number of anilines is 1. The Morgan fingerprint density at radius 3 is 3.06 bits per heavy atom. The van der Waals surface area contributed by atoms with Crippen LogP contribution in [0.5, 0.6) is 0 Å². The maximum atomic E-state index is 11.1. The molecule has 8 heteroatoms. The van der Waals surface area contributed by atoms with Crippen LogP contribution in [0, 0.1) is 10.1 Å². The van der Waals surface area contributed by atoms with E-state index in [-0.39, 0.29) is 10.7 Å². The molecule has 1 saturated heterocycles. The predicted molar refractivity (Wildman–Crippen MR) is 64.8 cm³/mol. The van der Waals surface area contributed by atoms with Gasteiger partial charge in [-0.05, 0) is 4.92 Å². The van der Waals surface area contributed by atoms with Crippen LogP contribution >= 0.6 is 11.3 Å². The number of likely N-dealkylation sites (N-methyl/N-ethyl adjacent to an activating group) is 1. The topological polar surface area (TPSA) is 75.7 Å². The fraction of sp³-hybridized carbons (Fsp3) is 0.444. The first-order chi connectivity index (χ1) is 8.18. The molecule has 1 aliphatic rings. The summed E-state index contributed by atoms with van der Waals surface area (Å²) in [6.45, 7) is 1.69. The number of aromatic nitrogens is 2. The Morgan fingerprint density at radius 1 is 1.71 bits per heavy atom. The lowest BCUT2D eigenvalue weighted by atomic mass is 10.1. The van der Waals surface area contributed by atoms with Gasteiger partial charge in [-0.1, -0.05) is 11.3 Å². The summed E-state index contributed by atoms with van der Waals surface area (Å²) >= 11 is 1.40. The molecule has 1 N–H and O–H groups in total. The van der Waals surface area contributed by atoms with Crippen molar-refractivity contribution in [2.24, 2.45) is 0 Å². The van der Waals surface area contributed by atoms with Crippen molar-refractivity contribution in [1.82, 2.24) is 14.7 Å². The number of imidazole rings is 1. The monoisotopic (exact) mass is 253 g/mol. The van der Waals surface area contributed by atoms with E-state index in [0.29, 0.717) is 16.8 Å². The van der Waals surface area contributed by atoms with Gasteiger partial charge in [0.2, 0.25) is 5.82 Å². The molecule has 0 unspecified atom stereocenters. The molecule has 0 amide bonds. The first-order valence-corrected chi connectivity index (χ1v) is 6.10. The van der Waals surface area contributed by atoms with Crippen molar-refractivity contribution in [2.75, 3.05) is 25.0 Å². The minimum absolute atomic E-state index is 0.0515. The molecule has 2 aromatic heterocycles. The molecule has 1 aliphatic heterocycles. The van der Waals surface area contributed by atoms with Gasteiger partial charge in [-0.2, -0.15) is 9.38 Å². The summed E-state index contributed by atoms with van der Waals surface area (Å²) in [7, 11) is 1.85. The maximum absolute atomic E-state index is 11.1. The summed E-state index contributed by atoms with van der Waals surface area (Å²) in [6, 6.07) is 0.290. The first kappa shape index (κ1) is 10.5. The van der Waals surface area contributed by atoms with Crippen molar-refractivity contribution in [3.05, 3.63) is 21.7 Å². The Bertz CT molecular complexity index is 573. The number of nitrogens with zero attached hydrogens (tertiary/aromatic N) is 4. The minimum atomic E-state index is -0.370. The molecule has 0 saturated carbocycles. The van der Waals surface area contributed by atoms with Crippen LogP contribution in [0.15, 0.2) is 11.6 Å². The van der Waals surface area contributed by atoms with Gasteiger partial charge in [0.15, 0.2) is 0 Å². The van der Waals surface area contributed by atoms with E-state index >= 15 is 0 Å². The van der Waals surface area contributed by atoms with Crippen molar-refractivity contribution in [3.8, 4) is 0 Å². The van der Waals surface area contributed by atoms with E-state index in [2.05, 4.69) is 10.3 Å². The molecular formula is C9H11N5O2S. The molecular weight excluding hydrogens is 242 g/mol. The standard InChI is InChI=1S/C9H11N5O2S/c1-12(6-4-10-5-6)7-8(14(15)16)13-2-3-17-9(13)11-7/h2-3,6,10H,4-5H2,1H3. The van der Waals surface area contributed by atoms with Crippen LogP contribution in [-0.2, 0) is 0 Å². The zero-order valence-corrected chi connectivity index (χ0v) is 9.98. The molecule has 0 radical (unpaired) electrons. The Balaban J connectivity index is 2.10. The second-order valence-electron chi connectivity index (χ2n) is 3.99. The van der Waals surface area contributed by atoms with Gasteiger partial charge in [0, 0.05) is 25.5 Å². The average molecular weight is 253 g/mol. The van der Waals surface area contributed by atoms with Gasteiger partial charge in [-0.3, -0.25) is 0 Å². The second-order valence-corrected chi connectivity index (χ2v) is 4.87. The molecule has 3 rings (SSSR count). The number of nitro groups is 1. The molecule has 0 spiro atoms. The Morgan fingerprint density at radius 2 is 2.47 bits per heavy atom. The van der Waals surface area contributed by atoms with E-state index in [9.17, 15) is 10.1 Å². The third kappa shape index (κ3) is 1.48. The van der Waals surface area contributed by atoms with Crippen molar-refractivity contribution in [3.63, 3.8) is 0 Å². The van der Waals surface area contributed by atoms with Crippen LogP contribution < -0.4 is 10.2 Å². The molecule has 7 nitrogen and oxygen atoms in total. The molecule has 0 aromatic carbocycles. The summed E-state index contributed by atoms with van der Waals surface area (Å²) in [5, 5.41) is 16.1. The van der Waals surface area contributed by atoms with Gasteiger partial charge >= 0.3 is 5.82 Å². The fourth-order valence-electron chi connectivity index (χ4n) is 1.89. The van der Waals surface area contributed by atoms with Gasteiger partial charge in [0.25, 0.3) is 4.96 Å². The zero-order chi connectivity index (χ0) is 12.0. The number of fused-ring (bicyclic) bond motifs is 1. The molecule has 3 heterocycles. The molecule has 90 valence electrons. The summed E-state index contributed by atoms with van der Waals surface area (Å²) < 4.78 is 1.53. The lowest BCUT2D eigenvalue weighted by molar-refractivity contribution is -0.389. The summed E-state index contributed by atoms with van der Waals surface area (Å²) in [4.78, 5) is 17.6. The third-order valence-corrected chi connectivity index (χ3v) is 3.79. The normalized spacial score (nSPS) is 16.1. The van der Waals surface area contributed by atoms with E-state index in [0.717, 1.165) is 13.1 Å². The molecule has 0 aliphatic carbocycles. The van der Waals surface area contributed by atoms with Crippen LogP contribution in [0.25, 0.3) is 4.96 Å². The number of thiazole rings is 1. The van der Waals surface area contributed by atoms with E-state index in [1.807, 2.05) is 11.9 Å². The highest BCUT2D eigenvalue weighted by Gasteiger charge is 2.31. The van der Waals surface area contributed by atoms with E-state index < -0.39 is 0 Å². The quantitative estimate of drug-likeness (QED) is 0.644. The van der Waals surface area contributed by atoms with Gasteiger partial charge in [-0.15, -0.1) is 0 Å². The molecule has 2 aromatic rings. The highest BCUT2D eigenvalue weighted by molar-refractivity contribution is 7.15. The van der Waals surface area contributed by atoms with Crippen molar-refractivity contribution in [1.29, 1.82) is 0 Å². The van der Waals surface area contributed by atoms with E-state index in [1.165, 1.54) is 15.7 Å². The Labute approximate surface area is 101 Å². The summed E-state index contributed by atoms with van der Waals surface area (Å²) in [5.74, 6) is 0.504. The van der Waals surface area contributed by atoms with Gasteiger partial charge < -0.3 is 20.3 Å². The Kier molecular flexibility index (Phi) is 2.26. The van der Waals surface area contributed by atoms with Crippen molar-refractivity contribution < 1.29 is 4.92 Å². The average Bonchev–Trinajstić information content (AvgIpc) is 2.70. The van der Waals surface area contributed by atoms with Crippen LogP contribution in [0.3, 0.4) is 0 Å². The van der Waals surface area contributed by atoms with Crippen LogP contribution in [0.1, 0.15) is 0 Å². The van der Waals surface area contributed by atoms with Crippen LogP contribution in [-0.4, -0.2) is 40.5 Å². The molecule has 17 heavy (non-hydrogen) atoms. The maximum Gasteiger partial charge on any atom is 0.373 e. The van der Waals surface area contributed by atoms with Crippen molar-refractivity contribution >= 4 is 27.9 Å². The van der Waals surface area contributed by atoms with Crippen LogP contribution in [0.2, 0.25) is 0 Å². The minimum Gasteiger partial charge on any atom is -0.358 e. The number of rotatable bonds is 3. The van der Waals surface area contributed by atoms with Crippen LogP contribution in [0.4, 0.5) is 11.6 Å². The lowest BCUT2D eigenvalue weighted by Gasteiger charge is -2.35. The summed E-state index contributed by atoms with van der Waals surface area (Å²) in [6.07, 6.45) is 1.68. The Hall–Kier alpha value is -1.67. The zero-order valence-electron chi connectivity index (χ0n) is 9.16. The predicted octanol–water partition coefficient (Wildman–Crippen LogP) is 0.712. The van der Waals surface area contributed by atoms with Gasteiger partial charge in [0.05, 0.1) is 6.04 Å². The van der Waals surface area contributed by atoms with Crippen molar-refractivity contribution in [2.45, 2.75) is 6.04 Å². The molecule has 0 atom stereocenters. The summed E-state index contributed by atoms with van der Waals surface area (Å²) in [5.41, 5.74) is 0. The SMILES string of the molecule is CN(c1nc2sccn2c1[N+](=O)[O-])C1CNC1. The molecule has 1 fully saturated rings. The lowest BCUT2D eigenvalue weighted by Crippen LogP contribution is -2.56. The fourth-order valence-corrected chi connectivity index (χ4v) is 2.59. The highest BCUT2D eigenvalue weighted by Crippen LogP contribution is 2.31. The smallest absolute Gasteiger partial charge is 0.358 e. The highest BCUT2D eigenvalue weighted by atomic mass is 32.1.